The van der Waals surface area contributed by atoms with Crippen LogP contribution in [0, 0.1) is 0 Å². The van der Waals surface area contributed by atoms with Crippen molar-refractivity contribution in [3.63, 3.8) is 0 Å². The molecule has 2 aromatic rings. The molecule has 2 rings (SSSR count). The highest BCUT2D eigenvalue weighted by Crippen LogP contribution is 2.13. The molecule has 0 saturated carbocycles. The topological polar surface area (TPSA) is 38.7 Å². The predicted octanol–water partition coefficient (Wildman–Crippen LogP) is 2.77. The highest BCUT2D eigenvalue weighted by atomic mass is 16.6. The van der Waals surface area contributed by atoms with Gasteiger partial charge in [0.25, 0.3) is 0 Å². The molecule has 0 saturated heterocycles. The Hall–Kier alpha value is -1.84. The molecule has 0 aliphatic heterocycles. The summed E-state index contributed by atoms with van der Waals surface area (Å²) in [6, 6.07) is 18.8. The Balaban J connectivity index is 1.70. The van der Waals surface area contributed by atoms with Crippen LogP contribution in [0.4, 0.5) is 0 Å². The van der Waals surface area contributed by atoms with E-state index in [-0.39, 0.29) is 0 Å². The molecule has 0 heterocycles. The van der Waals surface area contributed by atoms with Gasteiger partial charge < -0.3 is 14.6 Å². The van der Waals surface area contributed by atoms with Crippen molar-refractivity contribution in [1.29, 1.82) is 0 Å². The first kappa shape index (κ1) is 12.6. The van der Waals surface area contributed by atoms with Crippen molar-refractivity contribution >= 4 is 0 Å². The first-order chi connectivity index (χ1) is 8.86. The second-order valence-corrected chi connectivity index (χ2v) is 3.80. The third-order valence-corrected chi connectivity index (χ3v) is 2.46. The van der Waals surface area contributed by atoms with Gasteiger partial charge in [-0.25, -0.2) is 0 Å². The van der Waals surface area contributed by atoms with Crippen LogP contribution in [0.15, 0.2) is 60.7 Å². The molecule has 0 bridgehead atoms. The van der Waals surface area contributed by atoms with E-state index in [2.05, 4.69) is 0 Å². The van der Waals surface area contributed by atoms with E-state index in [1.165, 1.54) is 0 Å². The summed E-state index contributed by atoms with van der Waals surface area (Å²) in [6.07, 6.45) is -0.898. The van der Waals surface area contributed by atoms with E-state index in [0.29, 0.717) is 13.2 Å². The quantitative estimate of drug-likeness (QED) is 0.627. The van der Waals surface area contributed by atoms with Crippen LogP contribution in [-0.2, 0) is 4.74 Å². The number of ether oxygens (including phenoxy) is 2. The van der Waals surface area contributed by atoms with Gasteiger partial charge in [-0.05, 0) is 12.1 Å². The molecular weight excluding hydrogens is 228 g/mol. The van der Waals surface area contributed by atoms with E-state index < -0.39 is 6.29 Å². The number of benzene rings is 2. The first-order valence-electron chi connectivity index (χ1n) is 5.89. The van der Waals surface area contributed by atoms with Gasteiger partial charge in [-0.3, -0.25) is 0 Å². The van der Waals surface area contributed by atoms with Gasteiger partial charge in [-0.2, -0.15) is 0 Å². The summed E-state index contributed by atoms with van der Waals surface area (Å²) in [5, 5.41) is 9.74. The van der Waals surface area contributed by atoms with Crippen molar-refractivity contribution in [2.75, 3.05) is 13.2 Å². The molecule has 2 aromatic carbocycles. The van der Waals surface area contributed by atoms with E-state index >= 15 is 0 Å². The van der Waals surface area contributed by atoms with Crippen molar-refractivity contribution < 1.29 is 14.6 Å². The molecule has 0 radical (unpaired) electrons. The first-order valence-corrected chi connectivity index (χ1v) is 5.89. The molecule has 0 amide bonds. The van der Waals surface area contributed by atoms with Crippen LogP contribution in [0.3, 0.4) is 0 Å². The number of para-hydroxylation sites is 1. The molecule has 1 atom stereocenters. The van der Waals surface area contributed by atoms with Gasteiger partial charge in [-0.15, -0.1) is 0 Å². The number of aliphatic hydroxyl groups is 1. The van der Waals surface area contributed by atoms with Gasteiger partial charge >= 0.3 is 0 Å². The Bertz CT molecular complexity index is 442. The summed E-state index contributed by atoms with van der Waals surface area (Å²) in [5.41, 5.74) is 0.747. The van der Waals surface area contributed by atoms with Crippen LogP contribution in [0.25, 0.3) is 0 Å². The predicted molar refractivity (Wildman–Crippen MR) is 69.3 cm³/mol. The molecule has 1 unspecified atom stereocenters. The zero-order valence-electron chi connectivity index (χ0n) is 10.0. The average Bonchev–Trinajstić information content (AvgIpc) is 2.45. The fourth-order valence-corrected chi connectivity index (χ4v) is 1.55. The van der Waals surface area contributed by atoms with E-state index in [0.717, 1.165) is 11.3 Å². The minimum atomic E-state index is -0.898. The Kier molecular flexibility index (Phi) is 4.76. The standard InChI is InChI=1S/C15H16O3/c16-15(13-7-3-1-4-8-13)18-12-11-17-14-9-5-2-6-10-14/h1-10,15-16H,11-12H2. The monoisotopic (exact) mass is 244 g/mol. The van der Waals surface area contributed by atoms with Crippen LogP contribution < -0.4 is 4.74 Å². The van der Waals surface area contributed by atoms with Crippen molar-refractivity contribution in [1.82, 2.24) is 0 Å². The van der Waals surface area contributed by atoms with Crippen LogP contribution in [0.2, 0.25) is 0 Å². The molecule has 0 fully saturated rings. The summed E-state index contributed by atoms with van der Waals surface area (Å²) < 4.78 is 10.7. The zero-order valence-corrected chi connectivity index (χ0v) is 10.0. The van der Waals surface area contributed by atoms with E-state index in [4.69, 9.17) is 9.47 Å². The largest absolute Gasteiger partial charge is 0.491 e. The van der Waals surface area contributed by atoms with Gasteiger partial charge in [0, 0.05) is 5.56 Å². The van der Waals surface area contributed by atoms with Crippen LogP contribution >= 0.6 is 0 Å². The second kappa shape index (κ2) is 6.79. The average molecular weight is 244 g/mol. The van der Waals surface area contributed by atoms with Crippen molar-refractivity contribution in [2.45, 2.75) is 6.29 Å². The smallest absolute Gasteiger partial charge is 0.181 e. The van der Waals surface area contributed by atoms with Crippen molar-refractivity contribution in [2.24, 2.45) is 0 Å². The van der Waals surface area contributed by atoms with Gasteiger partial charge in [0.2, 0.25) is 0 Å². The lowest BCUT2D eigenvalue weighted by Gasteiger charge is -2.12. The van der Waals surface area contributed by atoms with E-state index in [1.54, 1.807) is 0 Å². The lowest BCUT2D eigenvalue weighted by molar-refractivity contribution is -0.108. The van der Waals surface area contributed by atoms with Gasteiger partial charge in [-0.1, -0.05) is 48.5 Å². The highest BCUT2D eigenvalue weighted by Gasteiger charge is 2.06. The Morgan fingerprint density at radius 3 is 2.11 bits per heavy atom. The van der Waals surface area contributed by atoms with E-state index in [9.17, 15) is 5.11 Å². The third-order valence-electron chi connectivity index (χ3n) is 2.46. The second-order valence-electron chi connectivity index (χ2n) is 3.80. The molecule has 3 nitrogen and oxygen atoms in total. The molecule has 0 spiro atoms. The maximum absolute atomic E-state index is 9.74. The van der Waals surface area contributed by atoms with Gasteiger partial charge in [0.15, 0.2) is 6.29 Å². The number of aliphatic hydroxyl groups excluding tert-OH is 1. The van der Waals surface area contributed by atoms with Crippen molar-refractivity contribution in [3.8, 4) is 5.75 Å². The number of hydrogen-bond acceptors (Lipinski definition) is 3. The number of rotatable bonds is 6. The summed E-state index contributed by atoms with van der Waals surface area (Å²) >= 11 is 0. The summed E-state index contributed by atoms with van der Waals surface area (Å²) in [7, 11) is 0. The lowest BCUT2D eigenvalue weighted by Crippen LogP contribution is -2.10. The third kappa shape index (κ3) is 3.87. The maximum atomic E-state index is 9.74. The lowest BCUT2D eigenvalue weighted by atomic mass is 10.2. The Labute approximate surface area is 107 Å². The Morgan fingerprint density at radius 1 is 0.833 bits per heavy atom. The zero-order chi connectivity index (χ0) is 12.6. The molecule has 0 aliphatic rings. The highest BCUT2D eigenvalue weighted by molar-refractivity contribution is 5.20. The number of hydrogen-bond donors (Lipinski definition) is 1. The minimum absolute atomic E-state index is 0.338. The van der Waals surface area contributed by atoms with Crippen LogP contribution in [-0.4, -0.2) is 18.3 Å². The summed E-state index contributed by atoms with van der Waals surface area (Å²) in [4.78, 5) is 0. The maximum Gasteiger partial charge on any atom is 0.181 e. The molecule has 18 heavy (non-hydrogen) atoms. The normalized spacial score (nSPS) is 12.1. The van der Waals surface area contributed by atoms with E-state index in [1.807, 2.05) is 60.7 Å². The molecular formula is C15H16O3. The molecule has 0 aromatic heterocycles. The molecule has 94 valence electrons. The molecule has 3 heteroatoms. The molecule has 0 aliphatic carbocycles. The molecule has 1 N–H and O–H groups in total. The van der Waals surface area contributed by atoms with Crippen molar-refractivity contribution in [3.05, 3.63) is 66.2 Å². The summed E-state index contributed by atoms with van der Waals surface area (Å²) in [6.45, 7) is 0.749. The minimum Gasteiger partial charge on any atom is -0.491 e. The Morgan fingerprint density at radius 2 is 1.44 bits per heavy atom. The van der Waals surface area contributed by atoms with Crippen LogP contribution in [0.1, 0.15) is 11.9 Å². The van der Waals surface area contributed by atoms with Gasteiger partial charge in [0.1, 0.15) is 12.4 Å². The summed E-state index contributed by atoms with van der Waals surface area (Å²) in [5.74, 6) is 0.801. The fourth-order valence-electron chi connectivity index (χ4n) is 1.55. The van der Waals surface area contributed by atoms with Crippen LogP contribution in [0.5, 0.6) is 5.75 Å². The SMILES string of the molecule is OC(OCCOc1ccccc1)c1ccccc1. The van der Waals surface area contributed by atoms with Gasteiger partial charge in [0.05, 0.1) is 6.61 Å². The fraction of sp³-hybridized carbons (Fsp3) is 0.200.